The molecule has 0 amide bonds. The van der Waals surface area contributed by atoms with Gasteiger partial charge in [-0.05, 0) is 42.7 Å². The average Bonchev–Trinajstić information content (AvgIpc) is 3.16. The lowest BCUT2D eigenvalue weighted by Crippen LogP contribution is -2.40. The van der Waals surface area contributed by atoms with E-state index in [1.165, 1.54) is 10.9 Å². The SMILES string of the molecule is O=c1c2cccnc2ncn1Cc1nc(C2CC(O)(c3cccc(Cl)c3)C2)no1. The van der Waals surface area contributed by atoms with Gasteiger partial charge in [0, 0.05) is 17.1 Å². The van der Waals surface area contributed by atoms with Crippen LogP contribution in [0.4, 0.5) is 0 Å². The van der Waals surface area contributed by atoms with Crippen molar-refractivity contribution in [3.63, 3.8) is 0 Å². The van der Waals surface area contributed by atoms with Crippen molar-refractivity contribution < 1.29 is 9.63 Å². The molecule has 0 atom stereocenters. The second-order valence-electron chi connectivity index (χ2n) is 7.25. The number of halogens is 1. The van der Waals surface area contributed by atoms with Crippen molar-refractivity contribution in [3.8, 4) is 0 Å². The van der Waals surface area contributed by atoms with E-state index in [4.69, 9.17) is 16.1 Å². The molecule has 1 fully saturated rings. The molecule has 146 valence electrons. The van der Waals surface area contributed by atoms with Crippen molar-refractivity contribution in [2.24, 2.45) is 0 Å². The lowest BCUT2D eigenvalue weighted by molar-refractivity contribution is -0.0573. The van der Waals surface area contributed by atoms with Gasteiger partial charge in [0.2, 0.25) is 5.89 Å². The first-order valence-electron chi connectivity index (χ1n) is 9.13. The summed E-state index contributed by atoms with van der Waals surface area (Å²) >= 11 is 6.03. The van der Waals surface area contributed by atoms with Gasteiger partial charge in [-0.25, -0.2) is 9.97 Å². The van der Waals surface area contributed by atoms with Crippen LogP contribution in [-0.4, -0.2) is 29.8 Å². The maximum atomic E-state index is 12.6. The Kier molecular flexibility index (Phi) is 4.18. The molecule has 0 bridgehead atoms. The van der Waals surface area contributed by atoms with E-state index < -0.39 is 5.60 Å². The second kappa shape index (κ2) is 6.75. The fourth-order valence-corrected chi connectivity index (χ4v) is 3.90. The van der Waals surface area contributed by atoms with Crippen LogP contribution < -0.4 is 5.56 Å². The Balaban J connectivity index is 1.32. The molecule has 5 rings (SSSR count). The van der Waals surface area contributed by atoms with Gasteiger partial charge < -0.3 is 9.63 Å². The van der Waals surface area contributed by atoms with Crippen LogP contribution in [0.1, 0.15) is 36.0 Å². The normalized spacial score (nSPS) is 21.2. The summed E-state index contributed by atoms with van der Waals surface area (Å²) in [4.78, 5) is 25.2. The zero-order valence-electron chi connectivity index (χ0n) is 15.2. The molecule has 8 nitrogen and oxygen atoms in total. The largest absolute Gasteiger partial charge is 0.385 e. The summed E-state index contributed by atoms with van der Waals surface area (Å²) in [5, 5.41) is 15.9. The monoisotopic (exact) mass is 409 g/mol. The summed E-state index contributed by atoms with van der Waals surface area (Å²) in [7, 11) is 0. The maximum Gasteiger partial charge on any atom is 0.263 e. The standard InChI is InChI=1S/C20H16ClN5O3/c21-14-4-1-3-13(7-14)20(28)8-12(9-20)17-24-16(29-25-17)10-26-11-23-18-15(19(26)27)5-2-6-22-18/h1-7,11-12,28H,8-10H2. The van der Waals surface area contributed by atoms with E-state index in [2.05, 4.69) is 20.1 Å². The van der Waals surface area contributed by atoms with E-state index in [1.54, 1.807) is 30.5 Å². The van der Waals surface area contributed by atoms with Crippen LogP contribution in [0.25, 0.3) is 11.0 Å². The van der Waals surface area contributed by atoms with Crippen LogP contribution in [0, 0.1) is 0 Å². The van der Waals surface area contributed by atoms with Crippen molar-refractivity contribution >= 4 is 22.6 Å². The fraction of sp³-hybridized carbons (Fsp3) is 0.250. The number of benzene rings is 1. The average molecular weight is 410 g/mol. The maximum absolute atomic E-state index is 12.6. The molecule has 0 spiro atoms. The second-order valence-corrected chi connectivity index (χ2v) is 7.68. The van der Waals surface area contributed by atoms with E-state index in [9.17, 15) is 9.90 Å². The van der Waals surface area contributed by atoms with E-state index in [1.807, 2.05) is 12.1 Å². The van der Waals surface area contributed by atoms with Crippen LogP contribution in [-0.2, 0) is 12.1 Å². The third-order valence-electron chi connectivity index (χ3n) is 5.28. The number of hydrogen-bond acceptors (Lipinski definition) is 7. The molecule has 1 aliphatic rings. The fourth-order valence-electron chi connectivity index (χ4n) is 3.71. The Labute approximate surface area is 169 Å². The highest BCUT2D eigenvalue weighted by Crippen LogP contribution is 2.50. The van der Waals surface area contributed by atoms with Gasteiger partial charge in [-0.3, -0.25) is 9.36 Å². The van der Waals surface area contributed by atoms with Gasteiger partial charge in [0.05, 0.1) is 11.0 Å². The Morgan fingerprint density at radius 1 is 1.24 bits per heavy atom. The van der Waals surface area contributed by atoms with Crippen LogP contribution in [0.2, 0.25) is 5.02 Å². The molecule has 29 heavy (non-hydrogen) atoms. The molecule has 0 radical (unpaired) electrons. The minimum Gasteiger partial charge on any atom is -0.385 e. The third kappa shape index (κ3) is 3.20. The summed E-state index contributed by atoms with van der Waals surface area (Å²) < 4.78 is 6.73. The van der Waals surface area contributed by atoms with Gasteiger partial charge >= 0.3 is 0 Å². The van der Waals surface area contributed by atoms with Gasteiger partial charge in [-0.15, -0.1) is 0 Å². The number of hydrogen-bond donors (Lipinski definition) is 1. The predicted octanol–water partition coefficient (Wildman–Crippen LogP) is 2.64. The van der Waals surface area contributed by atoms with Crippen LogP contribution in [0.15, 0.2) is 58.2 Å². The summed E-state index contributed by atoms with van der Waals surface area (Å²) in [5.74, 6) is 0.813. The Morgan fingerprint density at radius 3 is 2.93 bits per heavy atom. The summed E-state index contributed by atoms with van der Waals surface area (Å²) in [6.45, 7) is 0.120. The van der Waals surface area contributed by atoms with Gasteiger partial charge in [-0.2, -0.15) is 4.98 Å². The molecule has 0 aliphatic heterocycles. The van der Waals surface area contributed by atoms with Crippen molar-refractivity contribution in [2.45, 2.75) is 30.9 Å². The van der Waals surface area contributed by atoms with Crippen LogP contribution >= 0.6 is 11.6 Å². The van der Waals surface area contributed by atoms with Gasteiger partial charge in [0.15, 0.2) is 11.5 Å². The van der Waals surface area contributed by atoms with Gasteiger partial charge in [0.25, 0.3) is 5.56 Å². The number of aliphatic hydroxyl groups is 1. The molecule has 1 saturated carbocycles. The van der Waals surface area contributed by atoms with E-state index >= 15 is 0 Å². The first kappa shape index (κ1) is 18.0. The van der Waals surface area contributed by atoms with Crippen molar-refractivity contribution in [1.29, 1.82) is 0 Å². The lowest BCUT2D eigenvalue weighted by atomic mass is 9.67. The summed E-state index contributed by atoms with van der Waals surface area (Å²) in [6.07, 6.45) is 3.97. The number of pyridine rings is 1. The number of aromatic nitrogens is 5. The van der Waals surface area contributed by atoms with E-state index in [-0.39, 0.29) is 18.0 Å². The quantitative estimate of drug-likeness (QED) is 0.552. The van der Waals surface area contributed by atoms with Crippen LogP contribution in [0.3, 0.4) is 0 Å². The molecule has 0 unspecified atom stereocenters. The Bertz CT molecular complexity index is 1260. The molecule has 0 saturated heterocycles. The summed E-state index contributed by atoms with van der Waals surface area (Å²) in [5.41, 5.74) is 0.0201. The third-order valence-corrected chi connectivity index (χ3v) is 5.52. The Hall–Kier alpha value is -3.10. The van der Waals surface area contributed by atoms with Crippen molar-refractivity contribution in [1.82, 2.24) is 24.7 Å². The summed E-state index contributed by atoms with van der Waals surface area (Å²) in [6, 6.07) is 10.6. The minimum absolute atomic E-state index is 0.0212. The first-order valence-corrected chi connectivity index (χ1v) is 9.51. The zero-order valence-corrected chi connectivity index (χ0v) is 16.0. The van der Waals surface area contributed by atoms with E-state index in [0.29, 0.717) is 40.6 Å². The smallest absolute Gasteiger partial charge is 0.263 e. The minimum atomic E-state index is -0.942. The number of rotatable bonds is 4. The molecule has 3 heterocycles. The topological polar surface area (TPSA) is 107 Å². The molecule has 9 heteroatoms. The molecule has 1 aromatic carbocycles. The molecule has 4 aromatic rings. The highest BCUT2D eigenvalue weighted by Gasteiger charge is 2.46. The van der Waals surface area contributed by atoms with Crippen molar-refractivity contribution in [3.05, 3.63) is 81.6 Å². The van der Waals surface area contributed by atoms with Crippen LogP contribution in [0.5, 0.6) is 0 Å². The van der Waals surface area contributed by atoms with Gasteiger partial charge in [-0.1, -0.05) is 28.9 Å². The highest BCUT2D eigenvalue weighted by molar-refractivity contribution is 6.30. The molecular weight excluding hydrogens is 394 g/mol. The zero-order chi connectivity index (χ0) is 20.0. The molecule has 1 N–H and O–H groups in total. The van der Waals surface area contributed by atoms with Gasteiger partial charge in [0.1, 0.15) is 12.9 Å². The highest BCUT2D eigenvalue weighted by atomic mass is 35.5. The predicted molar refractivity (Wildman–Crippen MR) is 105 cm³/mol. The number of fused-ring (bicyclic) bond motifs is 1. The molecule has 1 aliphatic carbocycles. The van der Waals surface area contributed by atoms with E-state index in [0.717, 1.165) is 5.56 Å². The Morgan fingerprint density at radius 2 is 2.10 bits per heavy atom. The molecular formula is C20H16ClN5O3. The number of nitrogens with zero attached hydrogens (tertiary/aromatic N) is 5. The van der Waals surface area contributed by atoms with Crippen molar-refractivity contribution in [2.75, 3.05) is 0 Å². The molecule has 3 aromatic heterocycles. The first-order chi connectivity index (χ1) is 14.0. The lowest BCUT2D eigenvalue weighted by Gasteiger charge is -2.42.